The molecule has 0 atom stereocenters. The summed E-state index contributed by atoms with van der Waals surface area (Å²) in [6.45, 7) is 17.4. The van der Waals surface area contributed by atoms with E-state index in [1.807, 2.05) is 7.05 Å². The van der Waals surface area contributed by atoms with Crippen molar-refractivity contribution in [2.24, 2.45) is 5.92 Å². The topological polar surface area (TPSA) is 20.6 Å². The normalized spacial score (nSPS) is 16.7. The molecule has 4 heteroatoms. The van der Waals surface area contributed by atoms with E-state index >= 15 is 0 Å². The van der Waals surface area contributed by atoms with Crippen LogP contribution in [0.5, 0.6) is 0 Å². The first-order chi connectivity index (χ1) is 8.63. The Balaban J connectivity index is 0. The molecule has 1 aliphatic heterocycles. The molecule has 115 valence electrons. The first-order valence-corrected chi connectivity index (χ1v) is 7.64. The van der Waals surface area contributed by atoms with Crippen molar-refractivity contribution < 1.29 is 18.6 Å². The van der Waals surface area contributed by atoms with Crippen LogP contribution in [0.1, 0.15) is 40.5 Å². The zero-order chi connectivity index (χ0) is 13.8. The molecule has 0 amide bonds. The summed E-state index contributed by atoms with van der Waals surface area (Å²) in [6, 6.07) is 0. The number of rotatable bonds is 6. The van der Waals surface area contributed by atoms with Gasteiger partial charge in [0.2, 0.25) is 0 Å². The Bertz CT molecular complexity index is 169. The van der Waals surface area contributed by atoms with E-state index in [-0.39, 0.29) is 18.6 Å². The summed E-state index contributed by atoms with van der Waals surface area (Å²) in [7, 11) is 1.90. The molecular formula is C15H34N3V-. The van der Waals surface area contributed by atoms with Gasteiger partial charge in [-0.1, -0.05) is 40.5 Å². The zero-order valence-corrected chi connectivity index (χ0v) is 15.1. The molecule has 0 saturated carbocycles. The van der Waals surface area contributed by atoms with E-state index in [2.05, 4.69) is 42.8 Å². The Labute approximate surface area is 133 Å². The number of hydrogen-bond donors (Lipinski definition) is 0. The molecule has 0 aromatic carbocycles. The van der Waals surface area contributed by atoms with Gasteiger partial charge in [0.25, 0.3) is 0 Å². The average Bonchev–Trinajstić information content (AvgIpc) is 2.32. The van der Waals surface area contributed by atoms with Gasteiger partial charge in [-0.3, -0.25) is 0 Å². The van der Waals surface area contributed by atoms with Crippen LogP contribution in [-0.4, -0.2) is 62.7 Å². The van der Waals surface area contributed by atoms with Crippen LogP contribution in [0.2, 0.25) is 0 Å². The van der Waals surface area contributed by atoms with Crippen LogP contribution in [0.25, 0.3) is 5.32 Å². The van der Waals surface area contributed by atoms with Gasteiger partial charge in [0.15, 0.2) is 0 Å². The van der Waals surface area contributed by atoms with E-state index < -0.39 is 0 Å². The Morgan fingerprint density at radius 2 is 1.47 bits per heavy atom. The van der Waals surface area contributed by atoms with E-state index in [1.54, 1.807) is 0 Å². The van der Waals surface area contributed by atoms with Crippen molar-refractivity contribution in [2.45, 2.75) is 40.5 Å². The molecule has 0 aromatic heterocycles. The van der Waals surface area contributed by atoms with E-state index in [4.69, 9.17) is 0 Å². The molecule has 0 N–H and O–H groups in total. The zero-order valence-electron chi connectivity index (χ0n) is 13.7. The molecule has 0 aromatic rings. The largest absolute Gasteiger partial charge is 0.665 e. The molecule has 1 aliphatic rings. The van der Waals surface area contributed by atoms with Gasteiger partial charge in [-0.15, -0.1) is 6.54 Å². The second-order valence-corrected chi connectivity index (χ2v) is 5.64. The van der Waals surface area contributed by atoms with Gasteiger partial charge in [0, 0.05) is 51.3 Å². The van der Waals surface area contributed by atoms with Gasteiger partial charge in [0.1, 0.15) is 0 Å². The third kappa shape index (κ3) is 13.2. The van der Waals surface area contributed by atoms with E-state index in [0.29, 0.717) is 0 Å². The van der Waals surface area contributed by atoms with Crippen molar-refractivity contribution >= 4 is 0 Å². The van der Waals surface area contributed by atoms with E-state index in [9.17, 15) is 0 Å². The molecular weight excluding hydrogens is 273 g/mol. The van der Waals surface area contributed by atoms with Gasteiger partial charge in [-0.2, -0.15) is 7.05 Å². The summed E-state index contributed by atoms with van der Waals surface area (Å²) in [5, 5.41) is 4.14. The van der Waals surface area contributed by atoms with Gasteiger partial charge in [-0.05, 0) is 12.5 Å². The molecule has 1 radical (unpaired) electrons. The molecule has 0 unspecified atom stereocenters. The minimum absolute atomic E-state index is 0. The molecule has 1 saturated heterocycles. The maximum Gasteiger partial charge on any atom is 0.0110 e. The molecule has 3 nitrogen and oxygen atoms in total. The fraction of sp³-hybridized carbons (Fsp3) is 1.00. The van der Waals surface area contributed by atoms with Crippen LogP contribution in [-0.2, 0) is 18.6 Å². The summed E-state index contributed by atoms with van der Waals surface area (Å²) >= 11 is 0. The monoisotopic (exact) mass is 307 g/mol. The maximum atomic E-state index is 4.14. The van der Waals surface area contributed by atoms with Crippen LogP contribution >= 0.6 is 0 Å². The van der Waals surface area contributed by atoms with Gasteiger partial charge < -0.3 is 15.1 Å². The number of nitrogens with zero attached hydrogens (tertiary/aromatic N) is 3. The van der Waals surface area contributed by atoms with Crippen molar-refractivity contribution in [2.75, 3.05) is 52.9 Å². The quantitative estimate of drug-likeness (QED) is 0.703. The third-order valence-electron chi connectivity index (χ3n) is 2.94. The minimum Gasteiger partial charge on any atom is -0.665 e. The van der Waals surface area contributed by atoms with Crippen molar-refractivity contribution in [1.29, 1.82) is 0 Å². The molecule has 1 heterocycles. The van der Waals surface area contributed by atoms with Crippen molar-refractivity contribution in [3.63, 3.8) is 0 Å². The Kier molecular flexibility index (Phi) is 17.0. The van der Waals surface area contributed by atoms with Crippen LogP contribution in [0.4, 0.5) is 0 Å². The number of piperazine rings is 1. The summed E-state index contributed by atoms with van der Waals surface area (Å²) in [5.74, 6) is 0.801. The van der Waals surface area contributed by atoms with Crippen LogP contribution in [0.15, 0.2) is 0 Å². The van der Waals surface area contributed by atoms with Gasteiger partial charge >= 0.3 is 0 Å². The molecule has 0 aliphatic carbocycles. The predicted molar refractivity (Wildman–Crippen MR) is 82.5 cm³/mol. The molecule has 19 heavy (non-hydrogen) atoms. The van der Waals surface area contributed by atoms with Crippen LogP contribution < -0.4 is 0 Å². The Hall–Kier alpha value is 0.464. The third-order valence-corrected chi connectivity index (χ3v) is 2.94. The molecule has 0 spiro atoms. The molecule has 1 fully saturated rings. The fourth-order valence-electron chi connectivity index (χ4n) is 2.16. The summed E-state index contributed by atoms with van der Waals surface area (Å²) in [4.78, 5) is 5.16. The van der Waals surface area contributed by atoms with Crippen molar-refractivity contribution in [3.8, 4) is 0 Å². The van der Waals surface area contributed by atoms with Gasteiger partial charge in [-0.25, -0.2) is 0 Å². The smallest absolute Gasteiger partial charge is 0.0110 e. The summed E-state index contributed by atoms with van der Waals surface area (Å²) in [6.07, 6.45) is 2.47. The second kappa shape index (κ2) is 14.9. The first-order valence-electron chi connectivity index (χ1n) is 7.64. The molecule has 1 rings (SSSR count). The maximum absolute atomic E-state index is 4.14. The predicted octanol–water partition coefficient (Wildman–Crippen LogP) is 3.07. The van der Waals surface area contributed by atoms with Crippen LogP contribution in [0.3, 0.4) is 0 Å². The summed E-state index contributed by atoms with van der Waals surface area (Å²) < 4.78 is 0. The van der Waals surface area contributed by atoms with E-state index in [1.165, 1.54) is 52.1 Å². The minimum atomic E-state index is 0. The number of hydrogen-bond acceptors (Lipinski definition) is 2. The van der Waals surface area contributed by atoms with Crippen LogP contribution in [0, 0.1) is 5.92 Å². The molecule has 0 bridgehead atoms. The first kappa shape index (κ1) is 21.8. The van der Waals surface area contributed by atoms with Gasteiger partial charge in [0.05, 0.1) is 0 Å². The Morgan fingerprint density at radius 3 is 1.89 bits per heavy atom. The van der Waals surface area contributed by atoms with Crippen molar-refractivity contribution in [1.82, 2.24) is 9.80 Å². The standard InChI is InChI=1S/C12H26N3.C3H8.V/c1-12(2)11-15-9-7-14(8-10-15)6-4-5-13-3;1-3-2;/h12H,4-11H2,1-3H3;3H2,1-2H3;/q-1;;. The summed E-state index contributed by atoms with van der Waals surface area (Å²) in [5.41, 5.74) is 0. The average molecular weight is 307 g/mol. The Morgan fingerprint density at radius 1 is 1.00 bits per heavy atom. The van der Waals surface area contributed by atoms with E-state index in [0.717, 1.165) is 12.5 Å². The fourth-order valence-corrected chi connectivity index (χ4v) is 2.16. The SMILES string of the molecule is CCC.C[N-]CCCN1CCN(CC(C)C)CC1.[V]. The van der Waals surface area contributed by atoms with Crippen molar-refractivity contribution in [3.05, 3.63) is 5.32 Å². The second-order valence-electron chi connectivity index (χ2n) is 5.64.